The number of amides is 1. The number of nitrogens with zero attached hydrogens (tertiary/aromatic N) is 1. The predicted molar refractivity (Wildman–Crippen MR) is 75.5 cm³/mol. The van der Waals surface area contributed by atoms with Gasteiger partial charge in [0.2, 0.25) is 5.91 Å². The molecular formula is C15H20N2O2. The van der Waals surface area contributed by atoms with Crippen molar-refractivity contribution < 1.29 is 9.59 Å². The van der Waals surface area contributed by atoms with Gasteiger partial charge in [-0.1, -0.05) is 25.5 Å². The molecule has 1 aromatic rings. The number of benzene rings is 1. The molecule has 0 spiro atoms. The Kier molecular flexibility index (Phi) is 4.55. The molecule has 0 saturated heterocycles. The monoisotopic (exact) mass is 260 g/mol. The molecule has 1 aromatic carbocycles. The van der Waals surface area contributed by atoms with Crippen molar-refractivity contribution in [2.45, 2.75) is 26.2 Å². The molecule has 1 aliphatic rings. The molecule has 0 aliphatic carbocycles. The number of carbonyl (C=O) groups excluding carboxylic acids is 2. The molecule has 1 amide bonds. The first-order chi connectivity index (χ1) is 9.22. The molecule has 1 aliphatic heterocycles. The van der Waals surface area contributed by atoms with Crippen molar-refractivity contribution in [3.63, 3.8) is 0 Å². The van der Waals surface area contributed by atoms with E-state index in [1.165, 1.54) is 0 Å². The summed E-state index contributed by atoms with van der Waals surface area (Å²) < 4.78 is 0. The van der Waals surface area contributed by atoms with Gasteiger partial charge < -0.3 is 10.2 Å². The van der Waals surface area contributed by atoms with Gasteiger partial charge in [0.15, 0.2) is 5.78 Å². The second kappa shape index (κ2) is 6.36. The molecule has 1 heterocycles. The summed E-state index contributed by atoms with van der Waals surface area (Å²) in [5, 5.41) is 2.91. The first kappa shape index (κ1) is 13.6. The summed E-state index contributed by atoms with van der Waals surface area (Å²) in [6.45, 7) is 3.77. The number of fused-ring (bicyclic) bond motifs is 1. The third-order valence-corrected chi connectivity index (χ3v) is 3.34. The number of rotatable bonds is 5. The maximum Gasteiger partial charge on any atom is 0.239 e. The summed E-state index contributed by atoms with van der Waals surface area (Å²) in [5.41, 5.74) is 1.61. The third kappa shape index (κ3) is 3.34. The molecule has 0 radical (unpaired) electrons. The lowest BCUT2D eigenvalue weighted by Gasteiger charge is -2.29. The van der Waals surface area contributed by atoms with Crippen molar-refractivity contribution in [3.8, 4) is 0 Å². The highest BCUT2D eigenvalue weighted by Gasteiger charge is 2.23. The van der Waals surface area contributed by atoms with Crippen LogP contribution in [0.25, 0.3) is 0 Å². The van der Waals surface area contributed by atoms with Crippen molar-refractivity contribution in [2.24, 2.45) is 0 Å². The van der Waals surface area contributed by atoms with Crippen LogP contribution in [0.4, 0.5) is 5.69 Å². The van der Waals surface area contributed by atoms with Crippen LogP contribution < -0.4 is 10.2 Å². The quantitative estimate of drug-likeness (QED) is 0.824. The minimum absolute atomic E-state index is 0.0256. The third-order valence-electron chi connectivity index (χ3n) is 3.34. The number of Topliss-reactive ketones (excluding diaryl/α,β-unsaturated/α-hetero) is 1. The Morgan fingerprint density at radius 1 is 1.37 bits per heavy atom. The summed E-state index contributed by atoms with van der Waals surface area (Å²) in [6.07, 6.45) is 2.56. The molecule has 0 aromatic heterocycles. The van der Waals surface area contributed by atoms with Gasteiger partial charge in [-0.15, -0.1) is 0 Å². The lowest BCUT2D eigenvalue weighted by molar-refractivity contribution is -0.119. The lowest BCUT2D eigenvalue weighted by atomic mass is 10.0. The molecule has 19 heavy (non-hydrogen) atoms. The van der Waals surface area contributed by atoms with E-state index in [1.807, 2.05) is 29.2 Å². The minimum Gasteiger partial charge on any atom is -0.361 e. The Morgan fingerprint density at radius 3 is 2.95 bits per heavy atom. The minimum atomic E-state index is 0.0256. The lowest BCUT2D eigenvalue weighted by Crippen LogP contribution is -2.41. The summed E-state index contributed by atoms with van der Waals surface area (Å²) in [4.78, 5) is 25.6. The molecule has 4 nitrogen and oxygen atoms in total. The normalized spacial score (nSPS) is 14.2. The molecule has 2 rings (SSSR count). The van der Waals surface area contributed by atoms with E-state index in [1.54, 1.807) is 0 Å². The van der Waals surface area contributed by atoms with Gasteiger partial charge in [-0.3, -0.25) is 9.59 Å². The maximum absolute atomic E-state index is 11.8. The highest BCUT2D eigenvalue weighted by Crippen LogP contribution is 2.26. The molecular weight excluding hydrogens is 240 g/mol. The van der Waals surface area contributed by atoms with E-state index in [9.17, 15) is 9.59 Å². The summed E-state index contributed by atoms with van der Waals surface area (Å²) >= 11 is 0. The fourth-order valence-electron chi connectivity index (χ4n) is 2.27. The highest BCUT2D eigenvalue weighted by atomic mass is 16.2. The van der Waals surface area contributed by atoms with Crippen LogP contribution in [-0.2, 0) is 4.79 Å². The second-order valence-electron chi connectivity index (χ2n) is 4.82. The Morgan fingerprint density at radius 2 is 2.16 bits per heavy atom. The number of ketones is 1. The van der Waals surface area contributed by atoms with E-state index >= 15 is 0 Å². The zero-order valence-electron chi connectivity index (χ0n) is 11.3. The van der Waals surface area contributed by atoms with E-state index in [-0.39, 0.29) is 11.7 Å². The van der Waals surface area contributed by atoms with E-state index in [0.717, 1.165) is 30.6 Å². The van der Waals surface area contributed by atoms with Crippen LogP contribution in [0.2, 0.25) is 0 Å². The van der Waals surface area contributed by atoms with Crippen LogP contribution >= 0.6 is 0 Å². The Hall–Kier alpha value is -1.84. The number of anilines is 1. The number of nitrogens with one attached hydrogen (secondary N) is 1. The smallest absolute Gasteiger partial charge is 0.239 e. The number of hydrogen-bond donors (Lipinski definition) is 1. The summed E-state index contributed by atoms with van der Waals surface area (Å²) in [5.74, 6) is 0.191. The van der Waals surface area contributed by atoms with Crippen LogP contribution in [0.15, 0.2) is 24.3 Å². The van der Waals surface area contributed by atoms with Gasteiger partial charge in [-0.05, 0) is 18.6 Å². The molecule has 1 N–H and O–H groups in total. The van der Waals surface area contributed by atoms with E-state index < -0.39 is 0 Å². The van der Waals surface area contributed by atoms with Crippen LogP contribution in [0.3, 0.4) is 0 Å². The molecule has 0 bridgehead atoms. The second-order valence-corrected chi connectivity index (χ2v) is 4.82. The van der Waals surface area contributed by atoms with Gasteiger partial charge in [0.1, 0.15) is 0 Å². The zero-order valence-corrected chi connectivity index (χ0v) is 11.3. The average molecular weight is 260 g/mol. The molecule has 0 unspecified atom stereocenters. The van der Waals surface area contributed by atoms with Gasteiger partial charge in [-0.2, -0.15) is 0 Å². The SMILES string of the molecule is CCCCNC(=O)CN1CCC(=O)c2ccccc21. The van der Waals surface area contributed by atoms with Crippen molar-refractivity contribution in [1.29, 1.82) is 0 Å². The number of carbonyl (C=O) groups is 2. The van der Waals surface area contributed by atoms with Gasteiger partial charge in [0.25, 0.3) is 0 Å². The maximum atomic E-state index is 11.8. The van der Waals surface area contributed by atoms with Crippen LogP contribution in [0.1, 0.15) is 36.5 Å². The van der Waals surface area contributed by atoms with Gasteiger partial charge in [-0.25, -0.2) is 0 Å². The van der Waals surface area contributed by atoms with Crippen LogP contribution in [0, 0.1) is 0 Å². The first-order valence-electron chi connectivity index (χ1n) is 6.86. The standard InChI is InChI=1S/C15H20N2O2/c1-2-3-9-16-15(19)11-17-10-8-14(18)12-6-4-5-7-13(12)17/h4-7H,2-3,8-11H2,1H3,(H,16,19). The highest BCUT2D eigenvalue weighted by molar-refractivity contribution is 6.03. The summed E-state index contributed by atoms with van der Waals surface area (Å²) in [6, 6.07) is 7.51. The molecule has 4 heteroatoms. The Labute approximate surface area is 113 Å². The van der Waals surface area contributed by atoms with Crippen LogP contribution in [-0.4, -0.2) is 31.3 Å². The number of para-hydroxylation sites is 1. The predicted octanol–water partition coefficient (Wildman–Crippen LogP) is 2.00. The topological polar surface area (TPSA) is 49.4 Å². The summed E-state index contributed by atoms with van der Waals surface area (Å²) in [7, 11) is 0. The van der Waals surface area contributed by atoms with Crippen molar-refractivity contribution in [2.75, 3.05) is 24.5 Å². The molecule has 0 fully saturated rings. The van der Waals surface area contributed by atoms with E-state index in [0.29, 0.717) is 19.5 Å². The molecule has 102 valence electrons. The Bertz CT molecular complexity index is 471. The van der Waals surface area contributed by atoms with Crippen LogP contribution in [0.5, 0.6) is 0 Å². The first-order valence-corrected chi connectivity index (χ1v) is 6.86. The average Bonchev–Trinajstić information content (AvgIpc) is 2.43. The van der Waals surface area contributed by atoms with E-state index in [4.69, 9.17) is 0 Å². The zero-order chi connectivity index (χ0) is 13.7. The molecule has 0 saturated carbocycles. The number of unbranched alkanes of at least 4 members (excludes halogenated alkanes) is 1. The van der Waals surface area contributed by atoms with Gasteiger partial charge >= 0.3 is 0 Å². The van der Waals surface area contributed by atoms with Gasteiger partial charge in [0.05, 0.1) is 6.54 Å². The largest absolute Gasteiger partial charge is 0.361 e. The fraction of sp³-hybridized carbons (Fsp3) is 0.467. The Balaban J connectivity index is 2.00. The molecule has 0 atom stereocenters. The fourth-order valence-corrected chi connectivity index (χ4v) is 2.27. The number of hydrogen-bond acceptors (Lipinski definition) is 3. The van der Waals surface area contributed by atoms with Gasteiger partial charge in [0, 0.05) is 30.8 Å². The van der Waals surface area contributed by atoms with E-state index in [2.05, 4.69) is 12.2 Å². The van der Waals surface area contributed by atoms with Crippen molar-refractivity contribution in [3.05, 3.63) is 29.8 Å². The van der Waals surface area contributed by atoms with Crippen molar-refractivity contribution >= 4 is 17.4 Å². The van der Waals surface area contributed by atoms with Crippen molar-refractivity contribution in [1.82, 2.24) is 5.32 Å².